The summed E-state index contributed by atoms with van der Waals surface area (Å²) in [4.78, 5) is 17.5. The summed E-state index contributed by atoms with van der Waals surface area (Å²) in [5.41, 5.74) is 5.84. The molecule has 1 aromatic heterocycles. The average Bonchev–Trinajstić information content (AvgIpc) is 2.47. The largest absolute Gasteiger partial charge is 0.363 e. The Morgan fingerprint density at radius 1 is 1.18 bits per heavy atom. The third-order valence-electron chi connectivity index (χ3n) is 3.70. The molecule has 2 aromatic rings. The van der Waals surface area contributed by atoms with Crippen LogP contribution in [0.3, 0.4) is 0 Å². The molecule has 0 N–H and O–H groups in total. The van der Waals surface area contributed by atoms with E-state index in [4.69, 9.17) is 0 Å². The van der Waals surface area contributed by atoms with E-state index in [9.17, 15) is 4.91 Å². The fraction of sp³-hybridized carbons (Fsp3) is 0.389. The number of benzene rings is 1. The summed E-state index contributed by atoms with van der Waals surface area (Å²) in [6.07, 6.45) is 1.80. The number of nitroso groups, excluding NO2 is 1. The lowest BCUT2D eigenvalue weighted by Crippen LogP contribution is -2.31. The first kappa shape index (κ1) is 16.1. The lowest BCUT2D eigenvalue weighted by molar-refractivity contribution is 0.665. The molecular weight excluding hydrogens is 274 g/mol. The Balaban J connectivity index is 2.38. The van der Waals surface area contributed by atoms with E-state index in [1.807, 2.05) is 25.1 Å². The average molecular weight is 297 g/mol. The van der Waals surface area contributed by atoms with Gasteiger partial charge in [0.15, 0.2) is 0 Å². The number of hydrogen-bond donors (Lipinski definition) is 0. The standard InChI is InChI=1S/C18H23N3O/c1-13-9-14(2)18(15(3)10-13)21(11-16(4)20-22)12-17-7-5-6-8-19-17/h5-10,16H,11-12H2,1-4H3. The summed E-state index contributed by atoms with van der Waals surface area (Å²) in [5, 5.41) is 3.16. The van der Waals surface area contributed by atoms with Gasteiger partial charge in [0.05, 0.1) is 12.2 Å². The summed E-state index contributed by atoms with van der Waals surface area (Å²) in [6.45, 7) is 9.43. The summed E-state index contributed by atoms with van der Waals surface area (Å²) in [5.74, 6) is 0. The zero-order chi connectivity index (χ0) is 16.1. The number of rotatable bonds is 6. The minimum absolute atomic E-state index is 0.260. The molecule has 1 heterocycles. The highest BCUT2D eigenvalue weighted by atomic mass is 16.3. The number of nitrogens with zero attached hydrogens (tertiary/aromatic N) is 3. The van der Waals surface area contributed by atoms with Gasteiger partial charge < -0.3 is 4.90 Å². The van der Waals surface area contributed by atoms with Gasteiger partial charge in [-0.3, -0.25) is 4.98 Å². The molecule has 4 heteroatoms. The highest BCUT2D eigenvalue weighted by molar-refractivity contribution is 5.60. The van der Waals surface area contributed by atoms with Crippen LogP contribution in [0, 0.1) is 25.7 Å². The Morgan fingerprint density at radius 2 is 1.86 bits per heavy atom. The van der Waals surface area contributed by atoms with Gasteiger partial charge in [0.2, 0.25) is 0 Å². The molecule has 1 atom stereocenters. The third kappa shape index (κ3) is 3.91. The Morgan fingerprint density at radius 3 is 2.41 bits per heavy atom. The monoisotopic (exact) mass is 297 g/mol. The summed E-state index contributed by atoms with van der Waals surface area (Å²) >= 11 is 0. The molecule has 0 bridgehead atoms. The number of hydrogen-bond acceptors (Lipinski definition) is 4. The summed E-state index contributed by atoms with van der Waals surface area (Å²) < 4.78 is 0. The van der Waals surface area contributed by atoms with Crippen molar-refractivity contribution in [3.05, 3.63) is 63.8 Å². The van der Waals surface area contributed by atoms with Gasteiger partial charge in [-0.05, 0) is 51.0 Å². The maximum Gasteiger partial charge on any atom is 0.107 e. The van der Waals surface area contributed by atoms with Crippen molar-refractivity contribution in [3.8, 4) is 0 Å². The van der Waals surface area contributed by atoms with Crippen molar-refractivity contribution in [2.45, 2.75) is 40.3 Å². The molecule has 0 aliphatic rings. The van der Waals surface area contributed by atoms with Gasteiger partial charge in [-0.2, -0.15) is 4.91 Å². The molecule has 0 amide bonds. The highest BCUT2D eigenvalue weighted by Gasteiger charge is 2.17. The number of aryl methyl sites for hydroxylation is 3. The number of aromatic nitrogens is 1. The Bertz CT molecular complexity index is 617. The lowest BCUT2D eigenvalue weighted by Gasteiger charge is -2.29. The second-order valence-corrected chi connectivity index (χ2v) is 5.90. The Hall–Kier alpha value is -2.23. The van der Waals surface area contributed by atoms with Gasteiger partial charge in [0, 0.05) is 18.4 Å². The SMILES string of the molecule is Cc1cc(C)c(N(Cc2ccccn2)CC(C)N=O)c(C)c1. The van der Waals surface area contributed by atoms with Crippen molar-refractivity contribution in [2.24, 2.45) is 5.18 Å². The molecule has 4 nitrogen and oxygen atoms in total. The second-order valence-electron chi connectivity index (χ2n) is 5.90. The molecule has 0 fully saturated rings. The van der Waals surface area contributed by atoms with Crippen molar-refractivity contribution >= 4 is 5.69 Å². The molecular formula is C18H23N3O. The van der Waals surface area contributed by atoms with Gasteiger partial charge in [0.25, 0.3) is 0 Å². The normalized spacial score (nSPS) is 12.0. The zero-order valence-electron chi connectivity index (χ0n) is 13.7. The van der Waals surface area contributed by atoms with Gasteiger partial charge in [-0.15, -0.1) is 0 Å². The van der Waals surface area contributed by atoms with E-state index >= 15 is 0 Å². The van der Waals surface area contributed by atoms with Crippen LogP contribution in [-0.4, -0.2) is 17.6 Å². The van der Waals surface area contributed by atoms with Crippen molar-refractivity contribution in [3.63, 3.8) is 0 Å². The predicted molar refractivity (Wildman–Crippen MR) is 91.2 cm³/mol. The van der Waals surface area contributed by atoms with E-state index in [0.29, 0.717) is 13.1 Å². The minimum atomic E-state index is -0.260. The van der Waals surface area contributed by atoms with Crippen LogP contribution in [-0.2, 0) is 6.54 Å². The van der Waals surface area contributed by atoms with Gasteiger partial charge in [0.1, 0.15) is 6.04 Å². The van der Waals surface area contributed by atoms with Crippen LogP contribution in [0.25, 0.3) is 0 Å². The molecule has 0 saturated carbocycles. The fourth-order valence-electron chi connectivity index (χ4n) is 2.95. The summed E-state index contributed by atoms with van der Waals surface area (Å²) in [6, 6.07) is 9.98. The van der Waals surface area contributed by atoms with Crippen LogP contribution < -0.4 is 4.90 Å². The molecule has 22 heavy (non-hydrogen) atoms. The topological polar surface area (TPSA) is 45.6 Å². The third-order valence-corrected chi connectivity index (χ3v) is 3.70. The van der Waals surface area contributed by atoms with Crippen molar-refractivity contribution in [1.29, 1.82) is 0 Å². The maximum atomic E-state index is 10.9. The van der Waals surface area contributed by atoms with Gasteiger partial charge in [-0.1, -0.05) is 28.9 Å². The molecule has 1 unspecified atom stereocenters. The van der Waals surface area contributed by atoms with Crippen LogP contribution >= 0.6 is 0 Å². The summed E-state index contributed by atoms with van der Waals surface area (Å²) in [7, 11) is 0. The van der Waals surface area contributed by atoms with Crippen LogP contribution in [0.5, 0.6) is 0 Å². The first-order valence-corrected chi connectivity index (χ1v) is 7.56. The van der Waals surface area contributed by atoms with E-state index in [0.717, 1.165) is 5.69 Å². The van der Waals surface area contributed by atoms with Crippen LogP contribution in [0.2, 0.25) is 0 Å². The van der Waals surface area contributed by atoms with E-state index < -0.39 is 0 Å². The molecule has 0 aliphatic carbocycles. The minimum Gasteiger partial charge on any atom is -0.363 e. The van der Waals surface area contributed by atoms with E-state index in [1.54, 1.807) is 6.20 Å². The smallest absolute Gasteiger partial charge is 0.107 e. The molecule has 0 spiro atoms. The first-order chi connectivity index (χ1) is 10.5. The number of pyridine rings is 1. The number of anilines is 1. The van der Waals surface area contributed by atoms with E-state index in [-0.39, 0.29) is 6.04 Å². The molecule has 0 saturated heterocycles. The second kappa shape index (κ2) is 7.16. The quantitative estimate of drug-likeness (QED) is 0.752. The molecule has 1 aromatic carbocycles. The fourth-order valence-corrected chi connectivity index (χ4v) is 2.95. The first-order valence-electron chi connectivity index (χ1n) is 7.56. The van der Waals surface area contributed by atoms with Gasteiger partial charge in [-0.25, -0.2) is 0 Å². The maximum absolute atomic E-state index is 10.9. The Labute approximate surface area is 132 Å². The zero-order valence-corrected chi connectivity index (χ0v) is 13.7. The van der Waals surface area contributed by atoms with Crippen molar-refractivity contribution in [1.82, 2.24) is 4.98 Å². The van der Waals surface area contributed by atoms with Crippen LogP contribution in [0.4, 0.5) is 5.69 Å². The predicted octanol–water partition coefficient (Wildman–Crippen LogP) is 4.17. The van der Waals surface area contributed by atoms with Gasteiger partial charge >= 0.3 is 0 Å². The van der Waals surface area contributed by atoms with E-state index in [2.05, 4.69) is 48.0 Å². The molecule has 0 aliphatic heterocycles. The Kier molecular flexibility index (Phi) is 5.26. The van der Waals surface area contributed by atoms with Crippen molar-refractivity contribution < 1.29 is 0 Å². The van der Waals surface area contributed by atoms with Crippen molar-refractivity contribution in [2.75, 3.05) is 11.4 Å². The van der Waals surface area contributed by atoms with Crippen LogP contribution in [0.15, 0.2) is 41.7 Å². The van der Waals surface area contributed by atoms with Crippen LogP contribution in [0.1, 0.15) is 29.3 Å². The molecule has 0 radical (unpaired) electrons. The van der Waals surface area contributed by atoms with E-state index in [1.165, 1.54) is 22.4 Å². The molecule has 116 valence electrons. The highest BCUT2D eigenvalue weighted by Crippen LogP contribution is 2.28. The lowest BCUT2D eigenvalue weighted by atomic mass is 10.0. The molecule has 2 rings (SSSR count).